The summed E-state index contributed by atoms with van der Waals surface area (Å²) in [5.41, 5.74) is 5.17. The third-order valence-corrected chi connectivity index (χ3v) is 8.89. The van der Waals surface area contributed by atoms with Gasteiger partial charge in [0, 0.05) is 31.8 Å². The van der Waals surface area contributed by atoms with E-state index in [1.807, 2.05) is 11.6 Å². The molecule has 7 nitrogen and oxygen atoms in total. The maximum absolute atomic E-state index is 6.51. The van der Waals surface area contributed by atoms with E-state index in [4.69, 9.17) is 21.7 Å². The molecule has 5 heterocycles. The fourth-order valence-electron chi connectivity index (χ4n) is 4.91. The number of hydrogen-bond donors (Lipinski definition) is 1. The molecule has 10 heteroatoms. The van der Waals surface area contributed by atoms with Crippen LogP contribution >= 0.6 is 39.5 Å². The van der Waals surface area contributed by atoms with Crippen molar-refractivity contribution in [1.29, 1.82) is 0 Å². The molecule has 3 aromatic heterocycles. The van der Waals surface area contributed by atoms with Gasteiger partial charge in [-0.2, -0.15) is 14.7 Å². The van der Waals surface area contributed by atoms with Crippen LogP contribution in [0.3, 0.4) is 0 Å². The first-order valence-corrected chi connectivity index (χ1v) is 13.0. The smallest absolute Gasteiger partial charge is 0.172 e. The van der Waals surface area contributed by atoms with E-state index >= 15 is 0 Å². The molecule has 2 unspecified atom stereocenters. The van der Waals surface area contributed by atoms with Crippen molar-refractivity contribution in [3.8, 4) is 11.3 Å². The highest BCUT2D eigenvalue weighted by Gasteiger charge is 2.43. The number of anilines is 1. The summed E-state index contributed by atoms with van der Waals surface area (Å²) in [5.74, 6) is 1.36. The maximum atomic E-state index is 6.51. The number of fused-ring (bicyclic) bond motifs is 4. The van der Waals surface area contributed by atoms with E-state index in [0.717, 1.165) is 68.9 Å². The van der Waals surface area contributed by atoms with Crippen LogP contribution in [0.2, 0.25) is 5.15 Å². The highest BCUT2D eigenvalue weighted by atomic mass is 79.9. The Labute approximate surface area is 209 Å². The number of nitrogens with one attached hydrogen (secondary N) is 1. The van der Waals surface area contributed by atoms with Gasteiger partial charge >= 0.3 is 0 Å². The van der Waals surface area contributed by atoms with Crippen LogP contribution in [0.25, 0.3) is 16.9 Å². The average Bonchev–Trinajstić information content (AvgIpc) is 3.46. The lowest BCUT2D eigenvalue weighted by atomic mass is 9.89. The normalized spacial score (nSPS) is 20.2. The predicted octanol–water partition coefficient (Wildman–Crippen LogP) is 5.74. The molecule has 0 radical (unpaired) electrons. The number of piperidine rings is 1. The van der Waals surface area contributed by atoms with Crippen molar-refractivity contribution >= 4 is 50.9 Å². The molecule has 170 valence electrons. The molecule has 1 aromatic carbocycles. The molecule has 1 saturated heterocycles. The van der Waals surface area contributed by atoms with Crippen LogP contribution in [0.1, 0.15) is 30.1 Å². The fourth-order valence-corrected chi connectivity index (χ4v) is 6.80. The molecule has 0 bridgehead atoms. The Kier molecular flexibility index (Phi) is 5.40. The van der Waals surface area contributed by atoms with Gasteiger partial charge in [-0.15, -0.1) is 0 Å². The molecule has 4 aromatic rings. The number of aromatic nitrogens is 5. The zero-order valence-corrected chi connectivity index (χ0v) is 21.5. The molecule has 2 atom stereocenters. The molecule has 0 amide bonds. The first-order valence-electron chi connectivity index (χ1n) is 11.0. The third-order valence-electron chi connectivity index (χ3n) is 6.56. The lowest BCUT2D eigenvalue weighted by Crippen LogP contribution is -2.35. The van der Waals surface area contributed by atoms with Gasteiger partial charge in [0.05, 0.1) is 33.0 Å². The molecule has 0 aliphatic carbocycles. The lowest BCUT2D eigenvalue weighted by Gasteiger charge is -2.35. The van der Waals surface area contributed by atoms with Gasteiger partial charge in [-0.05, 0) is 59.1 Å². The number of rotatable bonds is 4. The molecule has 6 rings (SSSR count). The summed E-state index contributed by atoms with van der Waals surface area (Å²) in [6, 6.07) is 10.7. The van der Waals surface area contributed by atoms with Crippen LogP contribution < -0.4 is 5.32 Å². The van der Waals surface area contributed by atoms with E-state index in [0.29, 0.717) is 5.92 Å². The standard InChI is InChI=1S/C23H23BrClN7S/c1-13-6-3-4-8-15(13)17-10-18(32-23(28-17)16(24)12-27-32)26-11-14-7-5-9-31-20(14)19-21(33-31)22(25)30(2)29-19/h3-4,6,8,10,12,14,20,26H,5,7,9,11H2,1-2H3. The van der Waals surface area contributed by atoms with Crippen LogP contribution in [-0.4, -0.2) is 41.8 Å². The summed E-state index contributed by atoms with van der Waals surface area (Å²) < 4.78 is 6.99. The van der Waals surface area contributed by atoms with E-state index < -0.39 is 0 Å². The van der Waals surface area contributed by atoms with E-state index in [1.165, 1.54) is 5.56 Å². The first-order chi connectivity index (χ1) is 16.0. The van der Waals surface area contributed by atoms with Crippen molar-refractivity contribution in [3.05, 3.63) is 57.4 Å². The molecule has 2 aliphatic heterocycles. The molecule has 1 N–H and O–H groups in total. The Morgan fingerprint density at radius 3 is 3.00 bits per heavy atom. The van der Waals surface area contributed by atoms with Crippen molar-refractivity contribution in [1.82, 2.24) is 28.7 Å². The molecular weight excluding hydrogens is 522 g/mol. The van der Waals surface area contributed by atoms with Gasteiger partial charge in [-0.25, -0.2) is 9.29 Å². The number of benzene rings is 1. The SMILES string of the molecule is Cc1ccccc1-c1cc(NCC2CCCN3Sc4c(nn(C)c4Cl)C23)n2ncc(Br)c2n1. The maximum Gasteiger partial charge on any atom is 0.172 e. The predicted molar refractivity (Wildman–Crippen MR) is 136 cm³/mol. The fraction of sp³-hybridized carbons (Fsp3) is 0.348. The van der Waals surface area contributed by atoms with Crippen LogP contribution in [0.4, 0.5) is 5.82 Å². The third kappa shape index (κ3) is 3.56. The van der Waals surface area contributed by atoms with Gasteiger partial charge in [-0.3, -0.25) is 4.68 Å². The Bertz CT molecular complexity index is 1370. The molecule has 33 heavy (non-hydrogen) atoms. The first kappa shape index (κ1) is 21.5. The van der Waals surface area contributed by atoms with Crippen LogP contribution in [-0.2, 0) is 7.05 Å². The minimum atomic E-state index is 0.266. The highest BCUT2D eigenvalue weighted by Crippen LogP contribution is 2.52. The second-order valence-electron chi connectivity index (χ2n) is 8.66. The Hall–Kier alpha value is -2.07. The van der Waals surface area contributed by atoms with Gasteiger partial charge in [0.25, 0.3) is 0 Å². The van der Waals surface area contributed by atoms with Crippen molar-refractivity contribution < 1.29 is 0 Å². The van der Waals surface area contributed by atoms with Crippen molar-refractivity contribution in [2.75, 3.05) is 18.4 Å². The van der Waals surface area contributed by atoms with E-state index in [2.05, 4.69) is 67.9 Å². The Morgan fingerprint density at radius 2 is 2.15 bits per heavy atom. The Morgan fingerprint density at radius 1 is 1.30 bits per heavy atom. The molecule has 1 fully saturated rings. The number of aryl methyl sites for hydroxylation is 2. The van der Waals surface area contributed by atoms with Crippen LogP contribution in [0.5, 0.6) is 0 Å². The van der Waals surface area contributed by atoms with Gasteiger partial charge < -0.3 is 5.32 Å². The zero-order chi connectivity index (χ0) is 22.7. The quantitative estimate of drug-likeness (QED) is 0.331. The minimum Gasteiger partial charge on any atom is -0.370 e. The zero-order valence-electron chi connectivity index (χ0n) is 18.3. The largest absolute Gasteiger partial charge is 0.370 e. The second-order valence-corrected chi connectivity index (χ2v) is 10.9. The second kappa shape index (κ2) is 8.30. The van der Waals surface area contributed by atoms with Crippen LogP contribution in [0.15, 0.2) is 45.9 Å². The summed E-state index contributed by atoms with van der Waals surface area (Å²) in [6.07, 6.45) is 4.11. The van der Waals surface area contributed by atoms with Gasteiger partial charge in [0.1, 0.15) is 11.0 Å². The van der Waals surface area contributed by atoms with Gasteiger partial charge in [0.2, 0.25) is 0 Å². The molecule has 0 saturated carbocycles. The highest BCUT2D eigenvalue weighted by molar-refractivity contribution is 9.10. The number of halogens is 2. The minimum absolute atomic E-state index is 0.266. The van der Waals surface area contributed by atoms with Crippen LogP contribution in [0, 0.1) is 12.8 Å². The number of nitrogens with zero attached hydrogens (tertiary/aromatic N) is 6. The average molecular weight is 545 g/mol. The molecule has 0 spiro atoms. The molecule has 2 aliphatic rings. The van der Waals surface area contributed by atoms with E-state index in [1.54, 1.807) is 22.8 Å². The summed E-state index contributed by atoms with van der Waals surface area (Å²) in [5, 5.41) is 13.7. The van der Waals surface area contributed by atoms with Crippen molar-refractivity contribution in [2.24, 2.45) is 13.0 Å². The summed E-state index contributed by atoms with van der Waals surface area (Å²) in [7, 11) is 1.91. The summed E-state index contributed by atoms with van der Waals surface area (Å²) in [4.78, 5) is 6.00. The lowest BCUT2D eigenvalue weighted by molar-refractivity contribution is 0.200. The van der Waals surface area contributed by atoms with Crippen molar-refractivity contribution in [2.45, 2.75) is 30.7 Å². The monoisotopic (exact) mass is 543 g/mol. The van der Waals surface area contributed by atoms with E-state index in [9.17, 15) is 0 Å². The van der Waals surface area contributed by atoms with Gasteiger partial charge in [-0.1, -0.05) is 35.9 Å². The summed E-state index contributed by atoms with van der Waals surface area (Å²) >= 11 is 11.9. The topological polar surface area (TPSA) is 63.3 Å². The van der Waals surface area contributed by atoms with Crippen molar-refractivity contribution in [3.63, 3.8) is 0 Å². The van der Waals surface area contributed by atoms with Gasteiger partial charge in [0.15, 0.2) is 5.65 Å². The van der Waals surface area contributed by atoms with E-state index in [-0.39, 0.29) is 6.04 Å². The Balaban J connectivity index is 1.34. The molecular formula is C23H23BrClN7S. The summed E-state index contributed by atoms with van der Waals surface area (Å²) in [6.45, 7) is 3.99. The number of hydrogen-bond acceptors (Lipinski definition) is 6.